The fourth-order valence-corrected chi connectivity index (χ4v) is 2.19. The van der Waals surface area contributed by atoms with E-state index in [1.54, 1.807) is 0 Å². The summed E-state index contributed by atoms with van der Waals surface area (Å²) in [5.74, 6) is 0.574. The third kappa shape index (κ3) is 3.67. The topological polar surface area (TPSA) is 87.6 Å². The number of anilines is 2. The molecule has 0 aliphatic rings. The molecule has 2 aromatic rings. The minimum absolute atomic E-state index is 0.287. The van der Waals surface area contributed by atoms with Gasteiger partial charge in [0.2, 0.25) is 0 Å². The van der Waals surface area contributed by atoms with Crippen molar-refractivity contribution >= 4 is 42.8 Å². The van der Waals surface area contributed by atoms with E-state index < -0.39 is 8.25 Å². The van der Waals surface area contributed by atoms with Gasteiger partial charge in [0.05, 0.1) is 21.4 Å². The number of nitrogens with two attached hydrogens (primary N) is 2. The summed E-state index contributed by atoms with van der Waals surface area (Å²) in [6, 6.07) is 9.05. The molecule has 2 rings (SSSR count). The lowest BCUT2D eigenvalue weighted by Gasteiger charge is -1.99. The van der Waals surface area contributed by atoms with Crippen molar-refractivity contribution in [2.45, 2.75) is 0 Å². The maximum Gasteiger partial charge on any atom is 0.805 e. The highest BCUT2D eigenvalue weighted by atomic mass is 35.5. The summed E-state index contributed by atoms with van der Waals surface area (Å²) in [5.41, 5.74) is 11.9. The van der Waals surface area contributed by atoms with Gasteiger partial charge in [-0.15, -0.1) is 0 Å². The van der Waals surface area contributed by atoms with E-state index in [9.17, 15) is 4.57 Å². The molecule has 0 aromatic heterocycles. The number of halogens is 2. The molecule has 5 nitrogen and oxygen atoms in total. The molecule has 0 spiro atoms. The first-order valence-corrected chi connectivity index (χ1v) is 7.24. The molecule has 0 aliphatic heterocycles. The maximum absolute atomic E-state index is 11.7. The van der Waals surface area contributed by atoms with Crippen LogP contribution in [0.15, 0.2) is 36.4 Å². The quantitative estimate of drug-likeness (QED) is 0.645. The first kappa shape index (κ1) is 14.7. The minimum Gasteiger partial charge on any atom is -0.397 e. The van der Waals surface area contributed by atoms with Gasteiger partial charge in [0, 0.05) is 16.7 Å². The third-order valence-electron chi connectivity index (χ3n) is 2.29. The molecule has 4 N–H and O–H groups in total. The van der Waals surface area contributed by atoms with Crippen molar-refractivity contribution in [2.24, 2.45) is 0 Å². The molecule has 0 heterocycles. The second kappa shape index (κ2) is 6.18. The highest BCUT2D eigenvalue weighted by Gasteiger charge is 2.24. The van der Waals surface area contributed by atoms with Crippen molar-refractivity contribution < 1.29 is 13.6 Å². The molecule has 0 atom stereocenters. The van der Waals surface area contributed by atoms with Crippen LogP contribution in [0.1, 0.15) is 0 Å². The van der Waals surface area contributed by atoms with Gasteiger partial charge in [0.25, 0.3) is 0 Å². The summed E-state index contributed by atoms with van der Waals surface area (Å²) >= 11 is 11.5. The van der Waals surface area contributed by atoms with Gasteiger partial charge in [-0.05, 0) is 24.3 Å². The summed E-state index contributed by atoms with van der Waals surface area (Å²) in [6.45, 7) is 0. The van der Waals surface area contributed by atoms with Crippen molar-refractivity contribution in [2.75, 3.05) is 11.5 Å². The Morgan fingerprint density at radius 2 is 1.25 bits per heavy atom. The van der Waals surface area contributed by atoms with Gasteiger partial charge in [0.15, 0.2) is 11.5 Å². The van der Waals surface area contributed by atoms with Crippen LogP contribution in [0.5, 0.6) is 11.5 Å². The molecule has 0 amide bonds. The molecule has 0 fully saturated rings. The molecule has 0 bridgehead atoms. The Bertz CT molecular complexity index is 612. The Morgan fingerprint density at radius 3 is 1.60 bits per heavy atom. The van der Waals surface area contributed by atoms with Crippen molar-refractivity contribution in [3.8, 4) is 11.5 Å². The van der Waals surface area contributed by atoms with E-state index in [4.69, 9.17) is 43.7 Å². The molecule has 0 aliphatic carbocycles. The Balaban J connectivity index is 2.04. The molecule has 8 heteroatoms. The molecule has 2 aromatic carbocycles. The van der Waals surface area contributed by atoms with Crippen LogP contribution >= 0.6 is 31.5 Å². The summed E-state index contributed by atoms with van der Waals surface area (Å²) in [7, 11) is -2.42. The van der Waals surface area contributed by atoms with E-state index in [-0.39, 0.29) is 11.5 Å². The molecular formula is C12H10Cl2N2O3P+. The standard InChI is InChI=1S/C12H10Cl2N2O3P/c13-9-3-1-7(5-11(9)15)18-20(17)19-8-2-4-10(14)12(16)6-8/h1-6H,15-16H2/q+1. The van der Waals surface area contributed by atoms with E-state index in [1.165, 1.54) is 36.4 Å². The van der Waals surface area contributed by atoms with Crippen LogP contribution < -0.4 is 20.5 Å². The van der Waals surface area contributed by atoms with E-state index in [2.05, 4.69) is 0 Å². The number of hydrogen-bond donors (Lipinski definition) is 2. The summed E-state index contributed by atoms with van der Waals surface area (Å²) in [5, 5.41) is 0.776. The SMILES string of the molecule is Nc1cc(O[P+](=O)Oc2ccc(Cl)c(N)c2)ccc1Cl. The van der Waals surface area contributed by atoms with Gasteiger partial charge in [-0.25, -0.2) is 9.05 Å². The number of benzene rings is 2. The summed E-state index contributed by atoms with van der Waals surface area (Å²) in [4.78, 5) is 0. The van der Waals surface area contributed by atoms with Crippen LogP contribution in [-0.2, 0) is 4.57 Å². The highest BCUT2D eigenvalue weighted by Crippen LogP contribution is 2.34. The van der Waals surface area contributed by atoms with Crippen LogP contribution in [0.25, 0.3) is 0 Å². The normalized spacial score (nSPS) is 10.1. The zero-order chi connectivity index (χ0) is 14.7. The number of hydrogen-bond acceptors (Lipinski definition) is 5. The molecule has 0 radical (unpaired) electrons. The third-order valence-corrected chi connectivity index (χ3v) is 3.70. The van der Waals surface area contributed by atoms with Gasteiger partial charge >= 0.3 is 8.25 Å². The lowest BCUT2D eigenvalue weighted by atomic mass is 10.3. The van der Waals surface area contributed by atoms with Gasteiger partial charge < -0.3 is 11.5 Å². The average molecular weight is 332 g/mol. The van der Waals surface area contributed by atoms with Crippen molar-refractivity contribution in [3.63, 3.8) is 0 Å². The molecule has 104 valence electrons. The van der Waals surface area contributed by atoms with Crippen LogP contribution in [0.2, 0.25) is 10.0 Å². The van der Waals surface area contributed by atoms with Gasteiger partial charge in [-0.2, -0.15) is 0 Å². The van der Waals surface area contributed by atoms with Crippen LogP contribution in [0, 0.1) is 0 Å². The monoisotopic (exact) mass is 331 g/mol. The first-order chi connectivity index (χ1) is 9.45. The zero-order valence-corrected chi connectivity index (χ0v) is 12.5. The summed E-state index contributed by atoms with van der Waals surface area (Å²) in [6.07, 6.45) is 0. The Kier molecular flexibility index (Phi) is 4.55. The molecular weight excluding hydrogens is 322 g/mol. The maximum atomic E-state index is 11.7. The number of nitrogen functional groups attached to an aromatic ring is 2. The first-order valence-electron chi connectivity index (χ1n) is 5.39. The highest BCUT2D eigenvalue weighted by molar-refractivity contribution is 7.34. The van der Waals surface area contributed by atoms with Crippen LogP contribution in [0.3, 0.4) is 0 Å². The van der Waals surface area contributed by atoms with Gasteiger partial charge in [-0.1, -0.05) is 23.2 Å². The van der Waals surface area contributed by atoms with Crippen LogP contribution in [-0.4, -0.2) is 0 Å². The Labute approximate surface area is 126 Å². The van der Waals surface area contributed by atoms with Crippen LogP contribution in [0.4, 0.5) is 11.4 Å². The van der Waals surface area contributed by atoms with Crippen molar-refractivity contribution in [1.29, 1.82) is 0 Å². The second-order valence-corrected chi connectivity index (χ2v) is 5.40. The van der Waals surface area contributed by atoms with Gasteiger partial charge in [0.1, 0.15) is 0 Å². The predicted molar refractivity (Wildman–Crippen MR) is 80.6 cm³/mol. The molecule has 0 unspecified atom stereocenters. The van der Waals surface area contributed by atoms with E-state index in [1.807, 2.05) is 0 Å². The fraction of sp³-hybridized carbons (Fsp3) is 0. The molecule has 0 saturated heterocycles. The fourth-order valence-electron chi connectivity index (χ4n) is 1.35. The van der Waals surface area contributed by atoms with E-state index in [0.29, 0.717) is 21.4 Å². The predicted octanol–water partition coefficient (Wildman–Crippen LogP) is 4.27. The largest absolute Gasteiger partial charge is 0.805 e. The Morgan fingerprint density at radius 1 is 0.850 bits per heavy atom. The second-order valence-electron chi connectivity index (χ2n) is 3.77. The average Bonchev–Trinajstić information content (AvgIpc) is 2.38. The van der Waals surface area contributed by atoms with E-state index in [0.717, 1.165) is 0 Å². The minimum atomic E-state index is -2.42. The lowest BCUT2D eigenvalue weighted by Crippen LogP contribution is -1.92. The molecule has 0 saturated carbocycles. The van der Waals surface area contributed by atoms with E-state index >= 15 is 0 Å². The van der Waals surface area contributed by atoms with Crippen molar-refractivity contribution in [3.05, 3.63) is 46.4 Å². The van der Waals surface area contributed by atoms with Gasteiger partial charge in [-0.3, -0.25) is 0 Å². The smallest absolute Gasteiger partial charge is 0.397 e. The Hall–Kier alpha value is -1.68. The lowest BCUT2D eigenvalue weighted by molar-refractivity contribution is 0.416. The summed E-state index contributed by atoms with van der Waals surface area (Å²) < 4.78 is 21.9. The molecule has 20 heavy (non-hydrogen) atoms. The van der Waals surface area contributed by atoms with Crippen molar-refractivity contribution in [1.82, 2.24) is 0 Å². The zero-order valence-electron chi connectivity index (χ0n) is 10.0. The number of rotatable bonds is 4.